The quantitative estimate of drug-likeness (QED) is 0.582. The molecule has 10 heteroatoms. The summed E-state index contributed by atoms with van der Waals surface area (Å²) < 4.78 is 54.5. The van der Waals surface area contributed by atoms with Crippen LogP contribution in [0.4, 0.5) is 23.4 Å². The molecular formula is C23H23F4N5O. The number of imidazole rings is 1. The number of hydrogen-bond acceptors (Lipinski definition) is 4. The van der Waals surface area contributed by atoms with Gasteiger partial charge in [-0.2, -0.15) is 13.2 Å². The van der Waals surface area contributed by atoms with E-state index in [1.54, 1.807) is 42.2 Å². The molecule has 0 spiro atoms. The van der Waals surface area contributed by atoms with Crippen LogP contribution < -0.4 is 10.2 Å². The van der Waals surface area contributed by atoms with Crippen molar-refractivity contribution in [1.29, 1.82) is 0 Å². The highest BCUT2D eigenvalue weighted by Crippen LogP contribution is 2.30. The van der Waals surface area contributed by atoms with E-state index in [4.69, 9.17) is 0 Å². The molecule has 3 aromatic rings. The molecule has 1 N–H and O–H groups in total. The Morgan fingerprint density at radius 3 is 2.42 bits per heavy atom. The Morgan fingerprint density at radius 1 is 1.12 bits per heavy atom. The molecule has 1 amide bonds. The summed E-state index contributed by atoms with van der Waals surface area (Å²) in [4.78, 5) is 23.2. The minimum absolute atomic E-state index is 0.216. The van der Waals surface area contributed by atoms with Crippen molar-refractivity contribution in [3.05, 3.63) is 77.8 Å². The van der Waals surface area contributed by atoms with E-state index in [-0.39, 0.29) is 11.8 Å². The van der Waals surface area contributed by atoms with Crippen molar-refractivity contribution < 1.29 is 22.4 Å². The topological polar surface area (TPSA) is 63.1 Å². The van der Waals surface area contributed by atoms with Crippen molar-refractivity contribution in [2.75, 3.05) is 18.0 Å². The third-order valence-electron chi connectivity index (χ3n) is 5.88. The lowest BCUT2D eigenvalue weighted by Crippen LogP contribution is -2.42. The Hall–Kier alpha value is -3.43. The maximum absolute atomic E-state index is 14.5. The number of nitrogens with one attached hydrogen (secondary N) is 1. The van der Waals surface area contributed by atoms with Crippen LogP contribution in [0, 0.1) is 11.7 Å². The first-order valence-electron chi connectivity index (χ1n) is 10.5. The Bertz CT molecular complexity index is 1100. The summed E-state index contributed by atoms with van der Waals surface area (Å²) in [6.07, 6.45) is 0.701. The Labute approximate surface area is 188 Å². The number of benzene rings is 1. The predicted molar refractivity (Wildman–Crippen MR) is 114 cm³/mol. The average molecular weight is 461 g/mol. The smallest absolute Gasteiger partial charge is 0.357 e. The molecule has 1 aromatic carbocycles. The van der Waals surface area contributed by atoms with E-state index < -0.39 is 23.6 Å². The van der Waals surface area contributed by atoms with Crippen molar-refractivity contribution in [2.24, 2.45) is 13.0 Å². The molecule has 4 rings (SSSR count). The molecule has 3 heterocycles. The van der Waals surface area contributed by atoms with Crippen LogP contribution >= 0.6 is 0 Å². The van der Waals surface area contributed by atoms with Crippen molar-refractivity contribution in [3.63, 3.8) is 0 Å². The fourth-order valence-electron chi connectivity index (χ4n) is 4.02. The van der Waals surface area contributed by atoms with Crippen LogP contribution in [0.5, 0.6) is 0 Å². The number of rotatable bonds is 5. The van der Waals surface area contributed by atoms with E-state index in [1.165, 1.54) is 12.1 Å². The summed E-state index contributed by atoms with van der Waals surface area (Å²) in [6.45, 7) is 0.951. The lowest BCUT2D eigenvalue weighted by molar-refractivity contribution is -0.137. The third-order valence-corrected chi connectivity index (χ3v) is 5.88. The maximum atomic E-state index is 14.5. The van der Waals surface area contributed by atoms with E-state index in [0.717, 1.165) is 12.3 Å². The minimum atomic E-state index is -4.43. The number of aromatic nitrogens is 3. The number of pyridine rings is 1. The Morgan fingerprint density at radius 2 is 1.85 bits per heavy atom. The van der Waals surface area contributed by atoms with E-state index in [0.29, 0.717) is 43.1 Å². The van der Waals surface area contributed by atoms with Gasteiger partial charge in [-0.15, -0.1) is 0 Å². The molecule has 33 heavy (non-hydrogen) atoms. The molecular weight excluding hydrogens is 438 g/mol. The van der Waals surface area contributed by atoms with Crippen LogP contribution in [-0.2, 0) is 18.0 Å². The van der Waals surface area contributed by atoms with Gasteiger partial charge in [0.05, 0.1) is 5.56 Å². The van der Waals surface area contributed by atoms with Crippen molar-refractivity contribution in [1.82, 2.24) is 19.9 Å². The Kier molecular flexibility index (Phi) is 6.35. The van der Waals surface area contributed by atoms with E-state index in [1.807, 2.05) is 4.90 Å². The van der Waals surface area contributed by atoms with Crippen LogP contribution in [0.25, 0.3) is 0 Å². The molecule has 0 bridgehead atoms. The molecule has 1 atom stereocenters. The van der Waals surface area contributed by atoms with E-state index >= 15 is 0 Å². The number of aryl methyl sites for hydroxylation is 1. The SMILES string of the molecule is Cn1ccnc1[C@H](NC(=O)C1CCN(c2ccc(C(F)(F)F)cn2)CC1)c1ccccc1F. The van der Waals surface area contributed by atoms with Gasteiger partial charge < -0.3 is 14.8 Å². The van der Waals surface area contributed by atoms with Crippen LogP contribution in [0.1, 0.15) is 35.8 Å². The number of nitrogens with zero attached hydrogens (tertiary/aromatic N) is 4. The second-order valence-corrected chi connectivity index (χ2v) is 8.02. The molecule has 6 nitrogen and oxygen atoms in total. The van der Waals surface area contributed by atoms with Crippen LogP contribution in [-0.4, -0.2) is 33.5 Å². The molecule has 0 unspecified atom stereocenters. The van der Waals surface area contributed by atoms with E-state index in [2.05, 4.69) is 15.3 Å². The standard InChI is InChI=1S/C23H23F4N5O/c1-31-13-10-28-21(31)20(17-4-2-3-5-18(17)24)30-22(33)15-8-11-32(12-9-15)19-7-6-16(14-29-19)23(25,26)27/h2-7,10,13-15,20H,8-9,11-12H2,1H3,(H,30,33)/t20-/m1/s1. The molecule has 1 aliphatic rings. The maximum Gasteiger partial charge on any atom is 0.417 e. The monoisotopic (exact) mass is 461 g/mol. The van der Waals surface area contributed by atoms with Gasteiger partial charge in [-0.3, -0.25) is 4.79 Å². The summed E-state index contributed by atoms with van der Waals surface area (Å²) >= 11 is 0. The number of anilines is 1. The van der Waals surface area contributed by atoms with Crippen LogP contribution in [0.15, 0.2) is 55.0 Å². The number of alkyl halides is 3. The first-order valence-corrected chi connectivity index (χ1v) is 10.5. The highest BCUT2D eigenvalue weighted by molar-refractivity contribution is 5.79. The van der Waals surface area contributed by atoms with Gasteiger partial charge in [0.1, 0.15) is 23.5 Å². The first kappa shape index (κ1) is 22.8. The largest absolute Gasteiger partial charge is 0.417 e. The number of carbonyl (C=O) groups excluding carboxylic acids is 1. The molecule has 1 saturated heterocycles. The lowest BCUT2D eigenvalue weighted by Gasteiger charge is -2.33. The molecule has 0 aliphatic carbocycles. The number of piperidine rings is 1. The molecule has 0 saturated carbocycles. The summed E-state index contributed by atoms with van der Waals surface area (Å²) in [7, 11) is 1.78. The van der Waals surface area contributed by atoms with Gasteiger partial charge in [-0.25, -0.2) is 14.4 Å². The fraction of sp³-hybridized carbons (Fsp3) is 0.348. The summed E-state index contributed by atoms with van der Waals surface area (Å²) in [5, 5.41) is 2.94. The molecule has 174 valence electrons. The first-order chi connectivity index (χ1) is 15.7. The number of hydrogen-bond donors (Lipinski definition) is 1. The zero-order chi connectivity index (χ0) is 23.6. The van der Waals surface area contributed by atoms with Gasteiger partial charge in [0, 0.05) is 50.2 Å². The second kappa shape index (κ2) is 9.21. The van der Waals surface area contributed by atoms with Crippen molar-refractivity contribution in [2.45, 2.75) is 25.1 Å². The molecule has 2 aromatic heterocycles. The lowest BCUT2D eigenvalue weighted by atomic mass is 9.94. The van der Waals surface area contributed by atoms with Gasteiger partial charge in [-0.05, 0) is 31.0 Å². The highest BCUT2D eigenvalue weighted by atomic mass is 19.4. The average Bonchev–Trinajstić information content (AvgIpc) is 3.23. The van der Waals surface area contributed by atoms with Gasteiger partial charge in [0.25, 0.3) is 0 Å². The van der Waals surface area contributed by atoms with Gasteiger partial charge in [-0.1, -0.05) is 18.2 Å². The summed E-state index contributed by atoms with van der Waals surface area (Å²) in [5.74, 6) is -0.00976. The normalized spacial score (nSPS) is 16.0. The van der Waals surface area contributed by atoms with Crippen molar-refractivity contribution in [3.8, 4) is 0 Å². The second-order valence-electron chi connectivity index (χ2n) is 8.02. The summed E-state index contributed by atoms with van der Waals surface area (Å²) in [5.41, 5.74) is -0.472. The molecule has 1 fully saturated rings. The minimum Gasteiger partial charge on any atom is -0.357 e. The molecule has 0 radical (unpaired) electrons. The van der Waals surface area contributed by atoms with Crippen molar-refractivity contribution >= 4 is 11.7 Å². The van der Waals surface area contributed by atoms with Crippen LogP contribution in [0.2, 0.25) is 0 Å². The third kappa shape index (κ3) is 4.99. The van der Waals surface area contributed by atoms with Gasteiger partial charge >= 0.3 is 6.18 Å². The highest BCUT2D eigenvalue weighted by Gasteiger charge is 2.32. The van der Waals surface area contributed by atoms with Gasteiger partial charge in [0.15, 0.2) is 0 Å². The number of amides is 1. The number of halogens is 4. The van der Waals surface area contributed by atoms with Crippen LogP contribution in [0.3, 0.4) is 0 Å². The van der Waals surface area contributed by atoms with E-state index in [9.17, 15) is 22.4 Å². The fourth-order valence-corrected chi connectivity index (χ4v) is 4.02. The Balaban J connectivity index is 1.43. The van der Waals surface area contributed by atoms with Gasteiger partial charge in [0.2, 0.25) is 5.91 Å². The predicted octanol–water partition coefficient (Wildman–Crippen LogP) is 4.10. The summed E-state index contributed by atoms with van der Waals surface area (Å²) in [6, 6.07) is 7.86. The molecule has 1 aliphatic heterocycles. The zero-order valence-electron chi connectivity index (χ0n) is 17.9. The zero-order valence-corrected chi connectivity index (χ0v) is 17.9. The number of carbonyl (C=O) groups is 1.